The molecule has 0 spiro atoms. The number of carbonyl (C=O) groups is 1. The van der Waals surface area contributed by atoms with Crippen LogP contribution in [-0.2, 0) is 4.79 Å². The van der Waals surface area contributed by atoms with E-state index in [1.807, 2.05) is 14.1 Å². The third-order valence-corrected chi connectivity index (χ3v) is 3.45. The molecule has 0 aromatic heterocycles. The summed E-state index contributed by atoms with van der Waals surface area (Å²) in [5, 5.41) is 3.46. The maximum absolute atomic E-state index is 11.3. The summed E-state index contributed by atoms with van der Waals surface area (Å²) in [5.41, 5.74) is 0.617. The Morgan fingerprint density at radius 1 is 1.40 bits per heavy atom. The van der Waals surface area contributed by atoms with Crippen molar-refractivity contribution in [2.45, 2.75) is 39.0 Å². The maximum atomic E-state index is 11.3. The van der Waals surface area contributed by atoms with Gasteiger partial charge in [0.15, 0.2) is 0 Å². The molecule has 0 unspecified atom stereocenters. The van der Waals surface area contributed by atoms with Crippen LogP contribution in [0.5, 0.6) is 0 Å². The molecule has 1 saturated carbocycles. The molecule has 1 rings (SSSR count). The van der Waals surface area contributed by atoms with Crippen LogP contribution in [0.4, 0.5) is 0 Å². The predicted molar refractivity (Wildman–Crippen MR) is 62.8 cm³/mol. The maximum Gasteiger partial charge on any atom is 0.222 e. The van der Waals surface area contributed by atoms with Crippen molar-refractivity contribution in [3.8, 4) is 0 Å². The molecule has 0 saturated heterocycles. The molecule has 0 aliphatic heterocycles. The summed E-state index contributed by atoms with van der Waals surface area (Å²) in [6.07, 6.45) is 5.67. The number of carbonyl (C=O) groups excluding carboxylic acids is 1. The zero-order valence-electron chi connectivity index (χ0n) is 10.3. The highest BCUT2D eigenvalue weighted by atomic mass is 16.2. The number of nitrogens with one attached hydrogen (secondary N) is 1. The van der Waals surface area contributed by atoms with Crippen LogP contribution in [0.3, 0.4) is 0 Å². The molecule has 0 aromatic carbocycles. The highest BCUT2D eigenvalue weighted by Crippen LogP contribution is 2.47. The number of nitrogens with zero attached hydrogens (tertiary/aromatic N) is 1. The van der Waals surface area contributed by atoms with Gasteiger partial charge in [0.25, 0.3) is 0 Å². The van der Waals surface area contributed by atoms with Crippen molar-refractivity contribution in [3.05, 3.63) is 0 Å². The van der Waals surface area contributed by atoms with E-state index < -0.39 is 0 Å². The van der Waals surface area contributed by atoms with Crippen LogP contribution < -0.4 is 5.32 Å². The molecule has 0 atom stereocenters. The monoisotopic (exact) mass is 212 g/mol. The average molecular weight is 212 g/mol. The minimum absolute atomic E-state index is 0.230. The van der Waals surface area contributed by atoms with Crippen LogP contribution in [-0.4, -0.2) is 38.0 Å². The van der Waals surface area contributed by atoms with Gasteiger partial charge in [0.2, 0.25) is 5.91 Å². The number of hydrogen-bond donors (Lipinski definition) is 1. The molecule has 0 heterocycles. The van der Waals surface area contributed by atoms with Crippen molar-refractivity contribution in [1.29, 1.82) is 0 Å². The van der Waals surface area contributed by atoms with Gasteiger partial charge in [0.1, 0.15) is 0 Å². The molecule has 1 N–H and O–H groups in total. The summed E-state index contributed by atoms with van der Waals surface area (Å²) in [6, 6.07) is 0. The fourth-order valence-corrected chi connectivity index (χ4v) is 1.77. The Balaban J connectivity index is 1.96. The Morgan fingerprint density at radius 2 is 2.07 bits per heavy atom. The first-order valence-corrected chi connectivity index (χ1v) is 6.00. The van der Waals surface area contributed by atoms with Crippen molar-refractivity contribution in [2.75, 3.05) is 27.2 Å². The lowest BCUT2D eigenvalue weighted by Crippen LogP contribution is -2.26. The van der Waals surface area contributed by atoms with Crippen LogP contribution in [0.2, 0.25) is 0 Å². The van der Waals surface area contributed by atoms with Gasteiger partial charge in [-0.05, 0) is 37.6 Å². The number of amides is 1. The van der Waals surface area contributed by atoms with Crippen LogP contribution in [0.15, 0.2) is 0 Å². The fraction of sp³-hybridized carbons (Fsp3) is 0.917. The van der Waals surface area contributed by atoms with E-state index in [0.717, 1.165) is 19.5 Å². The Labute approximate surface area is 93.2 Å². The van der Waals surface area contributed by atoms with Gasteiger partial charge in [0, 0.05) is 27.1 Å². The lowest BCUT2D eigenvalue weighted by Gasteiger charge is -2.14. The molecule has 1 fully saturated rings. The van der Waals surface area contributed by atoms with E-state index in [-0.39, 0.29) is 5.91 Å². The smallest absolute Gasteiger partial charge is 0.222 e. The van der Waals surface area contributed by atoms with Gasteiger partial charge in [-0.3, -0.25) is 4.79 Å². The van der Waals surface area contributed by atoms with Gasteiger partial charge in [0.05, 0.1) is 0 Å². The lowest BCUT2D eigenvalue weighted by molar-refractivity contribution is -0.128. The van der Waals surface area contributed by atoms with Crippen molar-refractivity contribution in [1.82, 2.24) is 10.2 Å². The van der Waals surface area contributed by atoms with Crippen LogP contribution in [0.1, 0.15) is 39.0 Å². The van der Waals surface area contributed by atoms with Gasteiger partial charge in [-0.1, -0.05) is 6.92 Å². The van der Waals surface area contributed by atoms with E-state index in [0.29, 0.717) is 11.8 Å². The van der Waals surface area contributed by atoms with Crippen molar-refractivity contribution >= 4 is 5.91 Å². The lowest BCUT2D eigenvalue weighted by atomic mass is 10.0. The fourth-order valence-electron chi connectivity index (χ4n) is 1.77. The second kappa shape index (κ2) is 5.50. The first kappa shape index (κ1) is 12.5. The summed E-state index contributed by atoms with van der Waals surface area (Å²) >= 11 is 0. The normalized spacial score (nSPS) is 17.5. The summed E-state index contributed by atoms with van der Waals surface area (Å²) in [7, 11) is 3.62. The molecule has 88 valence electrons. The zero-order chi connectivity index (χ0) is 11.3. The minimum Gasteiger partial charge on any atom is -0.349 e. The Bertz CT molecular complexity index is 210. The van der Waals surface area contributed by atoms with Gasteiger partial charge in [-0.2, -0.15) is 0 Å². The third-order valence-electron chi connectivity index (χ3n) is 3.45. The standard InChI is InChI=1S/C12H24N2O/c1-4-12(7-8-12)10-13-9-5-6-11(15)14(2)3/h13H,4-10H2,1-3H3. The van der Waals surface area contributed by atoms with E-state index in [9.17, 15) is 4.79 Å². The molecular formula is C12H24N2O. The van der Waals surface area contributed by atoms with Gasteiger partial charge < -0.3 is 10.2 Å². The predicted octanol–water partition coefficient (Wildman–Crippen LogP) is 1.63. The topological polar surface area (TPSA) is 32.3 Å². The Morgan fingerprint density at radius 3 is 2.53 bits per heavy atom. The third kappa shape index (κ3) is 4.20. The van der Waals surface area contributed by atoms with Crippen LogP contribution in [0, 0.1) is 5.41 Å². The van der Waals surface area contributed by atoms with Crippen LogP contribution in [0.25, 0.3) is 0 Å². The van der Waals surface area contributed by atoms with Gasteiger partial charge in [-0.25, -0.2) is 0 Å². The average Bonchev–Trinajstić information content (AvgIpc) is 2.97. The van der Waals surface area contributed by atoms with E-state index in [2.05, 4.69) is 12.2 Å². The van der Waals surface area contributed by atoms with Gasteiger partial charge in [-0.15, -0.1) is 0 Å². The molecule has 1 aliphatic carbocycles. The molecule has 0 aromatic rings. The Kier molecular flexibility index (Phi) is 4.58. The quantitative estimate of drug-likeness (QED) is 0.651. The first-order valence-electron chi connectivity index (χ1n) is 6.00. The molecule has 0 radical (unpaired) electrons. The van der Waals surface area contributed by atoms with Gasteiger partial charge >= 0.3 is 0 Å². The second-order valence-electron chi connectivity index (χ2n) is 4.92. The van der Waals surface area contributed by atoms with Crippen LogP contribution >= 0.6 is 0 Å². The summed E-state index contributed by atoms with van der Waals surface area (Å²) < 4.78 is 0. The molecular weight excluding hydrogens is 188 g/mol. The number of rotatable bonds is 7. The molecule has 15 heavy (non-hydrogen) atoms. The number of hydrogen-bond acceptors (Lipinski definition) is 2. The molecule has 0 bridgehead atoms. The highest BCUT2D eigenvalue weighted by molar-refractivity contribution is 5.75. The summed E-state index contributed by atoms with van der Waals surface area (Å²) in [5.74, 6) is 0.230. The zero-order valence-corrected chi connectivity index (χ0v) is 10.3. The SMILES string of the molecule is CCC1(CNCCCC(=O)N(C)C)CC1. The van der Waals surface area contributed by atoms with E-state index in [1.165, 1.54) is 19.3 Å². The molecule has 3 nitrogen and oxygen atoms in total. The first-order chi connectivity index (χ1) is 7.09. The molecule has 3 heteroatoms. The van der Waals surface area contributed by atoms with E-state index in [4.69, 9.17) is 0 Å². The largest absolute Gasteiger partial charge is 0.349 e. The van der Waals surface area contributed by atoms with E-state index >= 15 is 0 Å². The minimum atomic E-state index is 0.230. The summed E-state index contributed by atoms with van der Waals surface area (Å²) in [4.78, 5) is 12.9. The Hall–Kier alpha value is -0.570. The second-order valence-corrected chi connectivity index (χ2v) is 4.92. The van der Waals surface area contributed by atoms with Crippen molar-refractivity contribution in [3.63, 3.8) is 0 Å². The molecule has 1 amide bonds. The van der Waals surface area contributed by atoms with Crippen molar-refractivity contribution in [2.24, 2.45) is 5.41 Å². The molecule has 1 aliphatic rings. The van der Waals surface area contributed by atoms with E-state index in [1.54, 1.807) is 4.90 Å². The highest BCUT2D eigenvalue weighted by Gasteiger charge is 2.39. The summed E-state index contributed by atoms with van der Waals surface area (Å²) in [6.45, 7) is 4.38. The van der Waals surface area contributed by atoms with Crippen molar-refractivity contribution < 1.29 is 4.79 Å².